The van der Waals surface area contributed by atoms with Crippen LogP contribution >= 0.6 is 0 Å². The molecule has 0 N–H and O–H groups in total. The number of fused-ring (bicyclic) bond motifs is 1. The summed E-state index contributed by atoms with van der Waals surface area (Å²) in [6.07, 6.45) is 5.48. The van der Waals surface area contributed by atoms with Gasteiger partial charge in [-0.3, -0.25) is 9.48 Å². The van der Waals surface area contributed by atoms with E-state index in [2.05, 4.69) is 63.2 Å². The summed E-state index contributed by atoms with van der Waals surface area (Å²) in [5.41, 5.74) is 4.86. The van der Waals surface area contributed by atoms with Crippen LogP contribution in [-0.2, 0) is 6.54 Å². The van der Waals surface area contributed by atoms with Crippen molar-refractivity contribution in [1.29, 1.82) is 0 Å². The van der Waals surface area contributed by atoms with Gasteiger partial charge in [0.1, 0.15) is 11.4 Å². The Morgan fingerprint density at radius 3 is 2.58 bits per heavy atom. The predicted octanol–water partition coefficient (Wildman–Crippen LogP) is 5.97. The lowest BCUT2D eigenvalue weighted by atomic mass is 10.0. The number of carbonyl (C=O) groups excluding carboxylic acids is 1. The summed E-state index contributed by atoms with van der Waals surface area (Å²) >= 11 is 0. The Kier molecular flexibility index (Phi) is 8.81. The number of amides is 1. The zero-order valence-corrected chi connectivity index (χ0v) is 22.2. The smallest absolute Gasteiger partial charge is 0.272 e. The quantitative estimate of drug-likeness (QED) is 0.295. The third kappa shape index (κ3) is 6.35. The number of para-hydroxylation sites is 1. The van der Waals surface area contributed by atoms with E-state index in [0.29, 0.717) is 25.4 Å². The van der Waals surface area contributed by atoms with Crippen LogP contribution in [0.3, 0.4) is 0 Å². The van der Waals surface area contributed by atoms with E-state index in [1.807, 2.05) is 33.8 Å². The molecule has 3 aromatic rings. The van der Waals surface area contributed by atoms with E-state index in [1.54, 1.807) is 0 Å². The van der Waals surface area contributed by atoms with Crippen LogP contribution in [0.4, 0.5) is 0 Å². The molecule has 0 spiro atoms. The first-order valence-corrected chi connectivity index (χ1v) is 13.3. The summed E-state index contributed by atoms with van der Waals surface area (Å²) in [5.74, 6) is 0.904. The fraction of sp³-hybridized carbons (Fsp3) is 0.467. The van der Waals surface area contributed by atoms with Gasteiger partial charge in [-0.25, -0.2) is 0 Å². The van der Waals surface area contributed by atoms with Crippen LogP contribution in [0.1, 0.15) is 66.7 Å². The molecule has 1 aliphatic heterocycles. The molecule has 4 rings (SSSR count). The molecule has 36 heavy (non-hydrogen) atoms. The molecular weight excluding hydrogens is 448 g/mol. The number of hydrogen-bond acceptors (Lipinski definition) is 4. The van der Waals surface area contributed by atoms with Gasteiger partial charge in [0, 0.05) is 30.8 Å². The standard InChI is InChI=1S/C30H40N4O2/c1-5-6-7-12-26-22-33(21-25-11-8-9-13-29(25)36-19-10-18-32(3)4)30(35)28-20-27(31-34(26)28)24-16-14-23(2)15-17-24/h8-9,11,13-17,20,26H,5-7,10,12,18-19,21-22H2,1-4H3. The Morgan fingerprint density at radius 2 is 1.83 bits per heavy atom. The summed E-state index contributed by atoms with van der Waals surface area (Å²) in [4.78, 5) is 17.8. The van der Waals surface area contributed by atoms with Crippen LogP contribution in [-0.4, -0.2) is 59.3 Å². The van der Waals surface area contributed by atoms with Crippen molar-refractivity contribution >= 4 is 5.91 Å². The van der Waals surface area contributed by atoms with Gasteiger partial charge in [-0.05, 0) is 46.0 Å². The zero-order chi connectivity index (χ0) is 25.5. The van der Waals surface area contributed by atoms with Gasteiger partial charge < -0.3 is 14.5 Å². The summed E-state index contributed by atoms with van der Waals surface area (Å²) < 4.78 is 8.12. The normalized spacial score (nSPS) is 15.4. The SMILES string of the molecule is CCCCCC1CN(Cc2ccccc2OCCCN(C)C)C(=O)c2cc(-c3ccc(C)cc3)nn21. The minimum absolute atomic E-state index is 0.0371. The number of ether oxygens (including phenoxy) is 1. The average molecular weight is 489 g/mol. The third-order valence-electron chi connectivity index (χ3n) is 6.85. The topological polar surface area (TPSA) is 50.6 Å². The van der Waals surface area contributed by atoms with Crippen molar-refractivity contribution < 1.29 is 9.53 Å². The molecule has 6 heteroatoms. The molecule has 1 aromatic heterocycles. The average Bonchev–Trinajstić information content (AvgIpc) is 3.32. The molecule has 2 heterocycles. The number of aromatic nitrogens is 2. The number of carbonyl (C=O) groups is 1. The maximum absolute atomic E-state index is 13.7. The van der Waals surface area contributed by atoms with E-state index in [0.717, 1.165) is 48.4 Å². The molecule has 0 saturated carbocycles. The highest BCUT2D eigenvalue weighted by molar-refractivity contribution is 5.94. The Morgan fingerprint density at radius 1 is 1.06 bits per heavy atom. The number of rotatable bonds is 12. The number of hydrogen-bond donors (Lipinski definition) is 0. The highest BCUT2D eigenvalue weighted by atomic mass is 16.5. The second kappa shape index (κ2) is 12.2. The zero-order valence-electron chi connectivity index (χ0n) is 22.2. The summed E-state index contributed by atoms with van der Waals surface area (Å²) in [6.45, 7) is 7.16. The van der Waals surface area contributed by atoms with Crippen LogP contribution in [0.2, 0.25) is 0 Å². The molecular formula is C30H40N4O2. The van der Waals surface area contributed by atoms with Gasteiger partial charge in [-0.15, -0.1) is 0 Å². The Balaban J connectivity index is 1.56. The van der Waals surface area contributed by atoms with Crippen LogP contribution in [0.5, 0.6) is 5.75 Å². The molecule has 192 valence electrons. The van der Waals surface area contributed by atoms with Gasteiger partial charge >= 0.3 is 0 Å². The van der Waals surface area contributed by atoms with Gasteiger partial charge in [0.25, 0.3) is 5.91 Å². The first-order valence-electron chi connectivity index (χ1n) is 13.3. The molecule has 0 radical (unpaired) electrons. The van der Waals surface area contributed by atoms with Crippen molar-refractivity contribution in [2.75, 3.05) is 33.8 Å². The maximum atomic E-state index is 13.7. The van der Waals surface area contributed by atoms with Gasteiger partial charge in [0.2, 0.25) is 0 Å². The largest absolute Gasteiger partial charge is 0.493 e. The van der Waals surface area contributed by atoms with Gasteiger partial charge in [-0.1, -0.05) is 74.2 Å². The molecule has 2 aromatic carbocycles. The van der Waals surface area contributed by atoms with Crippen molar-refractivity contribution in [2.45, 2.75) is 58.5 Å². The summed E-state index contributed by atoms with van der Waals surface area (Å²) in [5, 5.41) is 4.92. The Bertz CT molecular complexity index is 1140. The van der Waals surface area contributed by atoms with E-state index in [-0.39, 0.29) is 11.9 Å². The van der Waals surface area contributed by atoms with Crippen LogP contribution < -0.4 is 4.74 Å². The number of unbranched alkanes of at least 4 members (excludes halogenated alkanes) is 2. The second-order valence-electron chi connectivity index (χ2n) is 10.2. The number of benzene rings is 2. The molecule has 0 fully saturated rings. The van der Waals surface area contributed by atoms with E-state index in [1.165, 1.54) is 18.4 Å². The molecule has 1 unspecified atom stereocenters. The van der Waals surface area contributed by atoms with Gasteiger partial charge in [-0.2, -0.15) is 5.10 Å². The number of aryl methyl sites for hydroxylation is 1. The first kappa shape index (κ1) is 26.0. The van der Waals surface area contributed by atoms with Crippen molar-refractivity contribution in [3.8, 4) is 17.0 Å². The third-order valence-corrected chi connectivity index (χ3v) is 6.85. The van der Waals surface area contributed by atoms with Crippen molar-refractivity contribution in [3.63, 3.8) is 0 Å². The lowest BCUT2D eigenvalue weighted by molar-refractivity contribution is 0.0633. The Hall–Kier alpha value is -3.12. The second-order valence-corrected chi connectivity index (χ2v) is 10.2. The van der Waals surface area contributed by atoms with Crippen LogP contribution in [0.15, 0.2) is 54.6 Å². The van der Waals surface area contributed by atoms with Crippen molar-refractivity contribution in [1.82, 2.24) is 19.6 Å². The lowest BCUT2D eigenvalue weighted by Crippen LogP contribution is -2.42. The molecule has 1 atom stereocenters. The summed E-state index contributed by atoms with van der Waals surface area (Å²) in [6, 6.07) is 18.6. The molecule has 6 nitrogen and oxygen atoms in total. The van der Waals surface area contributed by atoms with E-state index >= 15 is 0 Å². The minimum atomic E-state index is 0.0371. The molecule has 0 bridgehead atoms. The van der Waals surface area contributed by atoms with Crippen molar-refractivity contribution in [3.05, 3.63) is 71.4 Å². The molecule has 0 aliphatic carbocycles. The van der Waals surface area contributed by atoms with E-state index in [9.17, 15) is 4.79 Å². The molecule has 1 aliphatic rings. The monoisotopic (exact) mass is 488 g/mol. The Labute approximate surface area is 215 Å². The highest BCUT2D eigenvalue weighted by Gasteiger charge is 2.33. The van der Waals surface area contributed by atoms with Crippen LogP contribution in [0, 0.1) is 6.92 Å². The molecule has 1 amide bonds. The first-order chi connectivity index (χ1) is 17.5. The van der Waals surface area contributed by atoms with Gasteiger partial charge in [0.05, 0.1) is 18.3 Å². The predicted molar refractivity (Wildman–Crippen MR) is 145 cm³/mol. The van der Waals surface area contributed by atoms with E-state index < -0.39 is 0 Å². The fourth-order valence-electron chi connectivity index (χ4n) is 4.80. The minimum Gasteiger partial charge on any atom is -0.493 e. The summed E-state index contributed by atoms with van der Waals surface area (Å²) in [7, 11) is 4.14. The van der Waals surface area contributed by atoms with Crippen LogP contribution in [0.25, 0.3) is 11.3 Å². The van der Waals surface area contributed by atoms with Gasteiger partial charge in [0.15, 0.2) is 0 Å². The fourth-order valence-corrected chi connectivity index (χ4v) is 4.80. The maximum Gasteiger partial charge on any atom is 0.272 e. The van der Waals surface area contributed by atoms with Crippen molar-refractivity contribution in [2.24, 2.45) is 0 Å². The lowest BCUT2D eigenvalue weighted by Gasteiger charge is -2.34. The highest BCUT2D eigenvalue weighted by Crippen LogP contribution is 2.31. The van der Waals surface area contributed by atoms with E-state index in [4.69, 9.17) is 9.84 Å². The molecule has 0 saturated heterocycles. The number of nitrogens with zero attached hydrogens (tertiary/aromatic N) is 4.